The van der Waals surface area contributed by atoms with Gasteiger partial charge in [0.15, 0.2) is 0 Å². The zero-order valence-corrected chi connectivity index (χ0v) is 12.4. The average molecular weight is 261 g/mol. The molecule has 0 aliphatic carbocycles. The highest BCUT2D eigenvalue weighted by molar-refractivity contribution is 5.30. The Hall–Kier alpha value is -1.49. The number of aromatic nitrogens is 4. The fourth-order valence-corrected chi connectivity index (χ4v) is 2.29. The van der Waals surface area contributed by atoms with E-state index in [9.17, 15) is 0 Å². The molecular weight excluding hydrogens is 238 g/mol. The molecule has 0 fully saturated rings. The monoisotopic (exact) mass is 261 g/mol. The number of likely N-dealkylation sites (N-methyl/N-ethyl adjacent to an activating group) is 1. The molecule has 104 valence electrons. The van der Waals surface area contributed by atoms with E-state index in [2.05, 4.69) is 54.1 Å². The number of aryl methyl sites for hydroxylation is 1. The van der Waals surface area contributed by atoms with Crippen molar-refractivity contribution >= 4 is 5.78 Å². The molecule has 0 saturated carbocycles. The zero-order chi connectivity index (χ0) is 14.0. The van der Waals surface area contributed by atoms with Crippen LogP contribution in [0.25, 0.3) is 5.78 Å². The van der Waals surface area contributed by atoms with Crippen molar-refractivity contribution in [2.45, 2.75) is 47.1 Å². The van der Waals surface area contributed by atoms with E-state index in [-0.39, 0.29) is 5.41 Å². The first kappa shape index (κ1) is 13.9. The summed E-state index contributed by atoms with van der Waals surface area (Å²) in [6.07, 6.45) is 2.48. The Balaban J connectivity index is 2.35. The van der Waals surface area contributed by atoms with Crippen LogP contribution in [0.3, 0.4) is 0 Å². The van der Waals surface area contributed by atoms with Crippen molar-refractivity contribution in [3.05, 3.63) is 23.8 Å². The lowest BCUT2D eigenvalue weighted by molar-refractivity contribution is 0.267. The predicted molar refractivity (Wildman–Crippen MR) is 76.1 cm³/mol. The third-order valence-electron chi connectivity index (χ3n) is 3.36. The third-order valence-corrected chi connectivity index (χ3v) is 3.36. The Bertz CT molecular complexity index is 552. The van der Waals surface area contributed by atoms with Gasteiger partial charge in [-0.25, -0.2) is 9.50 Å². The van der Waals surface area contributed by atoms with Crippen molar-refractivity contribution in [2.75, 3.05) is 6.54 Å². The van der Waals surface area contributed by atoms with E-state index in [1.807, 2.05) is 11.4 Å². The number of nitrogens with one attached hydrogen (secondary N) is 1. The molecule has 2 aromatic heterocycles. The molecule has 1 unspecified atom stereocenters. The highest BCUT2D eigenvalue weighted by Gasteiger charge is 2.25. The standard InChI is InChI=1S/C14H23N5/c1-6-15-12(14(3,4)5)8-11-7-10(2)18-13-16-9-17-19(11)13/h7,9,12,15H,6,8H2,1-5H3. The molecule has 2 aromatic rings. The largest absolute Gasteiger partial charge is 0.313 e. The fraction of sp³-hybridized carbons (Fsp3) is 0.643. The normalized spacial score (nSPS) is 13.9. The molecular formula is C14H23N5. The number of hydrogen-bond acceptors (Lipinski definition) is 4. The Labute approximate surface area is 114 Å². The molecule has 5 heteroatoms. The van der Waals surface area contributed by atoms with Gasteiger partial charge in [-0.1, -0.05) is 27.7 Å². The lowest BCUT2D eigenvalue weighted by Gasteiger charge is -2.31. The first-order valence-corrected chi connectivity index (χ1v) is 6.81. The molecule has 2 rings (SSSR count). The van der Waals surface area contributed by atoms with E-state index in [0.717, 1.165) is 24.4 Å². The molecule has 0 amide bonds. The number of hydrogen-bond donors (Lipinski definition) is 1. The summed E-state index contributed by atoms with van der Waals surface area (Å²) in [4.78, 5) is 8.56. The molecule has 0 aromatic carbocycles. The van der Waals surface area contributed by atoms with Gasteiger partial charge < -0.3 is 5.32 Å². The number of nitrogens with zero attached hydrogens (tertiary/aromatic N) is 4. The minimum absolute atomic E-state index is 0.195. The first-order valence-electron chi connectivity index (χ1n) is 6.81. The van der Waals surface area contributed by atoms with Gasteiger partial charge in [0.25, 0.3) is 5.78 Å². The molecule has 19 heavy (non-hydrogen) atoms. The smallest absolute Gasteiger partial charge is 0.252 e. The van der Waals surface area contributed by atoms with Crippen LogP contribution in [-0.4, -0.2) is 32.2 Å². The summed E-state index contributed by atoms with van der Waals surface area (Å²) < 4.78 is 1.84. The van der Waals surface area contributed by atoms with Gasteiger partial charge in [-0.15, -0.1) is 0 Å². The second-order valence-corrected chi connectivity index (χ2v) is 6.04. The van der Waals surface area contributed by atoms with Crippen LogP contribution in [0.15, 0.2) is 12.4 Å². The van der Waals surface area contributed by atoms with Crippen molar-refractivity contribution in [2.24, 2.45) is 5.41 Å². The molecule has 5 nitrogen and oxygen atoms in total. The molecule has 0 saturated heterocycles. The van der Waals surface area contributed by atoms with E-state index in [1.165, 1.54) is 0 Å². The predicted octanol–water partition coefficient (Wildman–Crippen LogP) is 2.00. The summed E-state index contributed by atoms with van der Waals surface area (Å²) in [6, 6.07) is 2.49. The molecule has 0 radical (unpaired) electrons. The zero-order valence-electron chi connectivity index (χ0n) is 12.4. The number of rotatable bonds is 4. The molecule has 1 atom stereocenters. The van der Waals surface area contributed by atoms with Gasteiger partial charge in [0, 0.05) is 23.9 Å². The highest BCUT2D eigenvalue weighted by Crippen LogP contribution is 2.22. The summed E-state index contributed by atoms with van der Waals surface area (Å²) >= 11 is 0. The van der Waals surface area contributed by atoms with Gasteiger partial charge in [0.1, 0.15) is 6.33 Å². The third kappa shape index (κ3) is 3.10. The average Bonchev–Trinajstić information content (AvgIpc) is 2.74. The summed E-state index contributed by atoms with van der Waals surface area (Å²) in [5, 5.41) is 7.84. The summed E-state index contributed by atoms with van der Waals surface area (Å²) in [6.45, 7) is 11.9. The van der Waals surface area contributed by atoms with Crippen molar-refractivity contribution in [3.63, 3.8) is 0 Å². The second-order valence-electron chi connectivity index (χ2n) is 6.04. The van der Waals surface area contributed by atoms with Crippen molar-refractivity contribution in [1.82, 2.24) is 24.9 Å². The summed E-state index contributed by atoms with van der Waals surface area (Å²) in [5.74, 6) is 0.680. The van der Waals surface area contributed by atoms with Crippen LogP contribution in [0, 0.1) is 12.3 Å². The van der Waals surface area contributed by atoms with Gasteiger partial charge >= 0.3 is 0 Å². The van der Waals surface area contributed by atoms with Crippen LogP contribution >= 0.6 is 0 Å². The van der Waals surface area contributed by atoms with Crippen LogP contribution < -0.4 is 5.32 Å². The second kappa shape index (κ2) is 5.25. The van der Waals surface area contributed by atoms with E-state index < -0.39 is 0 Å². The Morgan fingerprint density at radius 3 is 2.74 bits per heavy atom. The van der Waals surface area contributed by atoms with E-state index in [4.69, 9.17) is 0 Å². The van der Waals surface area contributed by atoms with Crippen molar-refractivity contribution in [3.8, 4) is 0 Å². The quantitative estimate of drug-likeness (QED) is 0.914. The molecule has 0 aliphatic heterocycles. The SMILES string of the molecule is CCNC(Cc1cc(C)nc2ncnn12)C(C)(C)C. The lowest BCUT2D eigenvalue weighted by Crippen LogP contribution is -2.42. The lowest BCUT2D eigenvalue weighted by atomic mass is 9.84. The van der Waals surface area contributed by atoms with E-state index in [0.29, 0.717) is 11.8 Å². The molecule has 1 N–H and O–H groups in total. The van der Waals surface area contributed by atoms with E-state index in [1.54, 1.807) is 6.33 Å². The molecule has 0 aliphatic rings. The topological polar surface area (TPSA) is 55.1 Å². The minimum Gasteiger partial charge on any atom is -0.313 e. The maximum absolute atomic E-state index is 4.38. The molecule has 2 heterocycles. The van der Waals surface area contributed by atoms with Crippen LogP contribution in [0.1, 0.15) is 39.1 Å². The Morgan fingerprint density at radius 1 is 1.37 bits per heavy atom. The highest BCUT2D eigenvalue weighted by atomic mass is 15.3. The van der Waals surface area contributed by atoms with Crippen molar-refractivity contribution in [1.29, 1.82) is 0 Å². The Morgan fingerprint density at radius 2 is 2.11 bits per heavy atom. The molecule has 0 spiro atoms. The Kier molecular flexibility index (Phi) is 3.85. The van der Waals surface area contributed by atoms with Gasteiger partial charge in [-0.05, 0) is 24.9 Å². The van der Waals surface area contributed by atoms with Crippen LogP contribution in [-0.2, 0) is 6.42 Å². The van der Waals surface area contributed by atoms with Gasteiger partial charge in [0.2, 0.25) is 0 Å². The first-order chi connectivity index (χ1) is 8.91. The summed E-state index contributed by atoms with van der Waals surface area (Å²) in [7, 11) is 0. The molecule has 0 bridgehead atoms. The van der Waals surface area contributed by atoms with Gasteiger partial charge in [-0.3, -0.25) is 0 Å². The van der Waals surface area contributed by atoms with Gasteiger partial charge in [0.05, 0.1) is 0 Å². The summed E-state index contributed by atoms with van der Waals surface area (Å²) in [5.41, 5.74) is 2.33. The maximum Gasteiger partial charge on any atom is 0.252 e. The van der Waals surface area contributed by atoms with Crippen LogP contribution in [0.4, 0.5) is 0 Å². The number of fused-ring (bicyclic) bond motifs is 1. The minimum atomic E-state index is 0.195. The van der Waals surface area contributed by atoms with Crippen LogP contribution in [0.2, 0.25) is 0 Å². The fourth-order valence-electron chi connectivity index (χ4n) is 2.29. The van der Waals surface area contributed by atoms with Crippen molar-refractivity contribution < 1.29 is 0 Å². The van der Waals surface area contributed by atoms with Gasteiger partial charge in [-0.2, -0.15) is 10.1 Å². The van der Waals surface area contributed by atoms with Crippen LogP contribution in [0.5, 0.6) is 0 Å². The maximum atomic E-state index is 4.38. The van der Waals surface area contributed by atoms with E-state index >= 15 is 0 Å².